The third kappa shape index (κ3) is 2.33. The second-order valence-corrected chi connectivity index (χ2v) is 3.36. The number of hydrogen-bond acceptors (Lipinski definition) is 4. The van der Waals surface area contributed by atoms with E-state index < -0.39 is 0 Å². The van der Waals surface area contributed by atoms with E-state index in [1.165, 1.54) is 0 Å². The third-order valence-electron chi connectivity index (χ3n) is 2.30. The van der Waals surface area contributed by atoms with Gasteiger partial charge in [0, 0.05) is 18.8 Å². The van der Waals surface area contributed by atoms with Gasteiger partial charge in [0.15, 0.2) is 0 Å². The van der Waals surface area contributed by atoms with Crippen LogP contribution in [0.4, 0.5) is 0 Å². The lowest BCUT2D eigenvalue weighted by Gasteiger charge is -2.17. The zero-order chi connectivity index (χ0) is 10.5. The molecule has 0 saturated heterocycles. The van der Waals surface area contributed by atoms with Crippen molar-refractivity contribution in [2.45, 2.75) is 19.4 Å². The van der Waals surface area contributed by atoms with Crippen LogP contribution in [0.1, 0.15) is 25.1 Å². The molecule has 80 valence electrons. The molecule has 1 aliphatic heterocycles. The average molecular weight is 205 g/mol. The van der Waals surface area contributed by atoms with E-state index in [0.717, 1.165) is 31.0 Å². The van der Waals surface area contributed by atoms with Crippen molar-refractivity contribution >= 4 is 0 Å². The lowest BCUT2D eigenvalue weighted by molar-refractivity contribution is 0.215. The molecule has 0 amide bonds. The van der Waals surface area contributed by atoms with Gasteiger partial charge in [0.05, 0.1) is 18.5 Å². The minimum absolute atomic E-state index is 0.0474. The van der Waals surface area contributed by atoms with Gasteiger partial charge in [0.25, 0.3) is 0 Å². The second kappa shape index (κ2) is 4.89. The molecular formula is C11H15N3O. The Morgan fingerprint density at radius 2 is 2.47 bits per heavy atom. The molecule has 0 aromatic carbocycles. The molecule has 4 heteroatoms. The minimum atomic E-state index is 0.0474. The van der Waals surface area contributed by atoms with E-state index in [1.807, 2.05) is 0 Å². The van der Waals surface area contributed by atoms with Crippen molar-refractivity contribution in [1.82, 2.24) is 15.3 Å². The summed E-state index contributed by atoms with van der Waals surface area (Å²) in [6.07, 6.45) is 8.25. The van der Waals surface area contributed by atoms with E-state index in [-0.39, 0.29) is 6.04 Å². The largest absolute Gasteiger partial charge is 0.496 e. The number of nitrogens with zero attached hydrogens (tertiary/aromatic N) is 2. The molecule has 4 nitrogen and oxygen atoms in total. The first-order valence-electron chi connectivity index (χ1n) is 5.24. The molecular weight excluding hydrogens is 190 g/mol. The van der Waals surface area contributed by atoms with Crippen LogP contribution in [0.25, 0.3) is 0 Å². The summed E-state index contributed by atoms with van der Waals surface area (Å²) in [7, 11) is 0. The van der Waals surface area contributed by atoms with Crippen LogP contribution in [0.5, 0.6) is 0 Å². The fourth-order valence-corrected chi connectivity index (χ4v) is 1.65. The molecule has 1 atom stereocenters. The van der Waals surface area contributed by atoms with Crippen molar-refractivity contribution in [2.24, 2.45) is 0 Å². The molecule has 1 aliphatic rings. The van der Waals surface area contributed by atoms with E-state index in [9.17, 15) is 0 Å². The van der Waals surface area contributed by atoms with Crippen LogP contribution in [0.2, 0.25) is 0 Å². The van der Waals surface area contributed by atoms with Gasteiger partial charge in [-0.2, -0.15) is 0 Å². The maximum atomic E-state index is 5.55. The molecule has 0 fully saturated rings. The van der Waals surface area contributed by atoms with Crippen LogP contribution in [-0.4, -0.2) is 23.1 Å². The molecule has 1 unspecified atom stereocenters. The van der Waals surface area contributed by atoms with Crippen LogP contribution >= 0.6 is 0 Å². The van der Waals surface area contributed by atoms with E-state index in [1.54, 1.807) is 18.6 Å². The van der Waals surface area contributed by atoms with Crippen LogP contribution in [0, 0.1) is 0 Å². The van der Waals surface area contributed by atoms with Crippen molar-refractivity contribution < 1.29 is 4.74 Å². The summed E-state index contributed by atoms with van der Waals surface area (Å²) >= 11 is 0. The number of aromatic nitrogens is 2. The predicted octanol–water partition coefficient (Wildman–Crippen LogP) is 1.43. The van der Waals surface area contributed by atoms with Gasteiger partial charge in [0.1, 0.15) is 11.8 Å². The summed E-state index contributed by atoms with van der Waals surface area (Å²) < 4.78 is 5.55. The molecule has 0 bridgehead atoms. The maximum Gasteiger partial charge on any atom is 0.115 e. The summed E-state index contributed by atoms with van der Waals surface area (Å²) in [4.78, 5) is 8.37. The van der Waals surface area contributed by atoms with Crippen molar-refractivity contribution in [3.05, 3.63) is 36.1 Å². The quantitative estimate of drug-likeness (QED) is 0.807. The van der Waals surface area contributed by atoms with E-state index in [2.05, 4.69) is 28.3 Å². The van der Waals surface area contributed by atoms with Gasteiger partial charge in [-0.05, 0) is 12.6 Å². The van der Waals surface area contributed by atoms with Gasteiger partial charge in [-0.3, -0.25) is 9.97 Å². The fourth-order valence-electron chi connectivity index (χ4n) is 1.65. The topological polar surface area (TPSA) is 47.0 Å². The summed E-state index contributed by atoms with van der Waals surface area (Å²) in [6.45, 7) is 3.72. The first kappa shape index (κ1) is 10.1. The van der Waals surface area contributed by atoms with Crippen LogP contribution < -0.4 is 5.32 Å². The van der Waals surface area contributed by atoms with E-state index in [0.29, 0.717) is 0 Å². The first-order valence-corrected chi connectivity index (χ1v) is 5.24. The summed E-state index contributed by atoms with van der Waals surface area (Å²) in [5.74, 6) is 0.970. The highest BCUT2D eigenvalue weighted by Gasteiger charge is 2.20. The van der Waals surface area contributed by atoms with Gasteiger partial charge in [-0.15, -0.1) is 0 Å². The van der Waals surface area contributed by atoms with Crippen molar-refractivity contribution in [1.29, 1.82) is 0 Å². The predicted molar refractivity (Wildman–Crippen MR) is 57.1 cm³/mol. The standard InChI is InChI=1S/C11H15N3O/c1-2-13-11(10-4-3-7-15-10)9-8-12-5-6-14-9/h4-6,8,11,13H,2-3,7H2,1H3. The lowest BCUT2D eigenvalue weighted by atomic mass is 10.1. The zero-order valence-electron chi connectivity index (χ0n) is 8.81. The first-order chi connectivity index (χ1) is 7.42. The number of rotatable bonds is 4. The Morgan fingerprint density at radius 1 is 1.53 bits per heavy atom. The van der Waals surface area contributed by atoms with E-state index in [4.69, 9.17) is 4.74 Å². The van der Waals surface area contributed by atoms with Gasteiger partial charge in [-0.1, -0.05) is 6.92 Å². The SMILES string of the molecule is CCNC(C1=CCCO1)c1cnccn1. The summed E-state index contributed by atoms with van der Waals surface area (Å²) in [6, 6.07) is 0.0474. The maximum absolute atomic E-state index is 5.55. The highest BCUT2D eigenvalue weighted by molar-refractivity contribution is 5.17. The molecule has 2 rings (SSSR count). The molecule has 1 N–H and O–H groups in total. The fraction of sp³-hybridized carbons (Fsp3) is 0.455. The van der Waals surface area contributed by atoms with Crippen molar-refractivity contribution in [3.8, 4) is 0 Å². The summed E-state index contributed by atoms with van der Waals surface area (Å²) in [5.41, 5.74) is 0.910. The number of hydrogen-bond donors (Lipinski definition) is 1. The Hall–Kier alpha value is -1.42. The van der Waals surface area contributed by atoms with Gasteiger partial charge in [0.2, 0.25) is 0 Å². The van der Waals surface area contributed by atoms with Crippen molar-refractivity contribution in [2.75, 3.05) is 13.2 Å². The Labute approximate surface area is 89.4 Å². The highest BCUT2D eigenvalue weighted by atomic mass is 16.5. The smallest absolute Gasteiger partial charge is 0.115 e. The Kier molecular flexibility index (Phi) is 3.29. The molecule has 2 heterocycles. The zero-order valence-corrected chi connectivity index (χ0v) is 8.81. The van der Waals surface area contributed by atoms with Gasteiger partial charge >= 0.3 is 0 Å². The second-order valence-electron chi connectivity index (χ2n) is 3.36. The Bertz CT molecular complexity index is 337. The van der Waals surface area contributed by atoms with Gasteiger partial charge < -0.3 is 10.1 Å². The van der Waals surface area contributed by atoms with Crippen LogP contribution in [0.15, 0.2) is 30.4 Å². The van der Waals surface area contributed by atoms with Gasteiger partial charge in [-0.25, -0.2) is 0 Å². The van der Waals surface area contributed by atoms with Crippen LogP contribution in [-0.2, 0) is 4.74 Å². The highest BCUT2D eigenvalue weighted by Crippen LogP contribution is 2.24. The molecule has 1 aromatic heterocycles. The molecule has 0 aliphatic carbocycles. The molecule has 15 heavy (non-hydrogen) atoms. The number of ether oxygens (including phenoxy) is 1. The average Bonchev–Trinajstić information content (AvgIpc) is 2.80. The molecule has 0 radical (unpaired) electrons. The molecule has 0 saturated carbocycles. The molecule has 1 aromatic rings. The molecule has 0 spiro atoms. The number of nitrogens with one attached hydrogen (secondary N) is 1. The summed E-state index contributed by atoms with van der Waals surface area (Å²) in [5, 5.41) is 3.35. The number of likely N-dealkylation sites (N-methyl/N-ethyl adjacent to an activating group) is 1. The Balaban J connectivity index is 2.19. The lowest BCUT2D eigenvalue weighted by Crippen LogP contribution is -2.24. The third-order valence-corrected chi connectivity index (χ3v) is 2.30. The van der Waals surface area contributed by atoms with Crippen molar-refractivity contribution in [3.63, 3.8) is 0 Å². The minimum Gasteiger partial charge on any atom is -0.496 e. The van der Waals surface area contributed by atoms with E-state index >= 15 is 0 Å². The normalized spacial score (nSPS) is 17.0. The monoisotopic (exact) mass is 205 g/mol. The Morgan fingerprint density at radius 3 is 3.07 bits per heavy atom. The van der Waals surface area contributed by atoms with Crippen LogP contribution in [0.3, 0.4) is 0 Å².